The number of benzene rings is 1. The van der Waals surface area contributed by atoms with Gasteiger partial charge in [0, 0.05) is 5.56 Å². The predicted octanol–water partition coefficient (Wildman–Crippen LogP) is 2.55. The number of hydrogen-bond donors (Lipinski definition) is 7. The Kier molecular flexibility index (Phi) is 17.6. The molecule has 0 aromatic heterocycles. The van der Waals surface area contributed by atoms with Gasteiger partial charge in [-0.2, -0.15) is 0 Å². The molecule has 1 aliphatic heterocycles. The molecule has 1 aromatic carbocycles. The molecule has 1 heterocycles. The predicted molar refractivity (Wildman–Crippen MR) is 155 cm³/mol. The number of aliphatic hydroxyl groups is 6. The third-order valence-electron chi connectivity index (χ3n) is 7.85. The van der Waals surface area contributed by atoms with Gasteiger partial charge < -0.3 is 45.4 Å². The molecule has 0 unspecified atom stereocenters. The number of carbonyl (C=O) groups excluding carboxylic acids is 1. The summed E-state index contributed by atoms with van der Waals surface area (Å²) in [5.41, 5.74) is -0.00418. The highest BCUT2D eigenvalue weighted by Gasteiger charge is 2.44. The summed E-state index contributed by atoms with van der Waals surface area (Å²) in [6, 6.07) is 3.77. The second-order valence-electron chi connectivity index (χ2n) is 11.4. The lowest BCUT2D eigenvalue weighted by molar-refractivity contribution is -0.303. The topological polar surface area (TPSA) is 169 Å². The molecule has 0 spiro atoms. The van der Waals surface area contributed by atoms with Crippen molar-refractivity contribution in [3.63, 3.8) is 0 Å². The fourth-order valence-corrected chi connectivity index (χ4v) is 5.14. The first-order valence-electron chi connectivity index (χ1n) is 15.5. The second-order valence-corrected chi connectivity index (χ2v) is 11.4. The quantitative estimate of drug-likeness (QED) is 0.105. The lowest BCUT2D eigenvalue weighted by Crippen LogP contribution is -2.60. The fourth-order valence-electron chi connectivity index (χ4n) is 5.14. The molecule has 1 amide bonds. The zero-order chi connectivity index (χ0) is 30.9. The van der Waals surface area contributed by atoms with Gasteiger partial charge in [0.15, 0.2) is 6.29 Å². The number of unbranched alkanes of at least 4 members (excludes halogenated alkanes) is 11. The molecule has 10 nitrogen and oxygen atoms in total. The SMILES string of the molecule is CCCCCCCCCCCCCC[C@@H](O)[C@@H](O)[C@H](CO[C@H]1O[C@H](CO)[C@H](O)[C@H](O)[C@H]1O)NC(=O)c1cccc(F)c1. The van der Waals surface area contributed by atoms with Gasteiger partial charge in [0.25, 0.3) is 5.91 Å². The Morgan fingerprint density at radius 1 is 0.929 bits per heavy atom. The van der Waals surface area contributed by atoms with Crippen LogP contribution in [0.3, 0.4) is 0 Å². The Balaban J connectivity index is 1.86. The Morgan fingerprint density at radius 3 is 2.10 bits per heavy atom. The minimum absolute atomic E-state index is 0.00418. The molecule has 1 saturated heterocycles. The van der Waals surface area contributed by atoms with E-state index >= 15 is 0 Å². The van der Waals surface area contributed by atoms with E-state index in [9.17, 15) is 39.8 Å². The molecule has 0 saturated carbocycles. The van der Waals surface area contributed by atoms with Gasteiger partial charge in [-0.05, 0) is 24.6 Å². The van der Waals surface area contributed by atoms with Crippen LogP contribution in [0.1, 0.15) is 101 Å². The van der Waals surface area contributed by atoms with Crippen LogP contribution in [0.2, 0.25) is 0 Å². The molecule has 7 N–H and O–H groups in total. The van der Waals surface area contributed by atoms with E-state index in [0.717, 1.165) is 25.3 Å². The number of amides is 1. The number of aliphatic hydroxyl groups excluding tert-OH is 6. The van der Waals surface area contributed by atoms with E-state index in [4.69, 9.17) is 9.47 Å². The van der Waals surface area contributed by atoms with Crippen LogP contribution in [0.15, 0.2) is 24.3 Å². The maximum absolute atomic E-state index is 13.7. The third-order valence-corrected chi connectivity index (χ3v) is 7.85. The number of carbonyl (C=O) groups is 1. The molecule has 1 aromatic rings. The van der Waals surface area contributed by atoms with Crippen LogP contribution < -0.4 is 5.32 Å². The Labute approximate surface area is 248 Å². The molecule has 2 rings (SSSR count). The van der Waals surface area contributed by atoms with E-state index in [-0.39, 0.29) is 12.0 Å². The smallest absolute Gasteiger partial charge is 0.251 e. The summed E-state index contributed by atoms with van der Waals surface area (Å²) in [6.45, 7) is 1.11. The molecule has 0 bridgehead atoms. The highest BCUT2D eigenvalue weighted by molar-refractivity contribution is 5.94. The minimum Gasteiger partial charge on any atom is -0.394 e. The summed E-state index contributed by atoms with van der Waals surface area (Å²) >= 11 is 0. The molecule has 0 aliphatic carbocycles. The minimum atomic E-state index is -1.68. The summed E-state index contributed by atoms with van der Waals surface area (Å²) in [5.74, 6) is -1.34. The average Bonchev–Trinajstić information content (AvgIpc) is 2.98. The molecule has 242 valence electrons. The van der Waals surface area contributed by atoms with Crippen molar-refractivity contribution in [2.24, 2.45) is 0 Å². The van der Waals surface area contributed by atoms with E-state index < -0.39 is 73.9 Å². The van der Waals surface area contributed by atoms with Crippen LogP contribution >= 0.6 is 0 Å². The zero-order valence-corrected chi connectivity index (χ0v) is 24.8. The van der Waals surface area contributed by atoms with Crippen molar-refractivity contribution >= 4 is 5.91 Å². The van der Waals surface area contributed by atoms with Crippen molar-refractivity contribution in [2.45, 2.75) is 139 Å². The van der Waals surface area contributed by atoms with Gasteiger partial charge >= 0.3 is 0 Å². The number of rotatable bonds is 21. The van der Waals surface area contributed by atoms with E-state index in [2.05, 4.69) is 12.2 Å². The highest BCUT2D eigenvalue weighted by Crippen LogP contribution is 2.23. The summed E-state index contributed by atoms with van der Waals surface area (Å²) in [5, 5.41) is 63.9. The molecule has 42 heavy (non-hydrogen) atoms. The first-order valence-corrected chi connectivity index (χ1v) is 15.5. The summed E-state index contributed by atoms with van der Waals surface area (Å²) in [6.07, 6.45) is 3.88. The van der Waals surface area contributed by atoms with Crippen LogP contribution in [0.5, 0.6) is 0 Å². The van der Waals surface area contributed by atoms with Gasteiger partial charge in [0.05, 0.1) is 25.4 Å². The monoisotopic (exact) mass is 601 g/mol. The van der Waals surface area contributed by atoms with Gasteiger partial charge in [-0.15, -0.1) is 0 Å². The standard InChI is InChI=1S/C31H52FNO9/c1-2-3-4-5-6-7-8-9-10-11-12-13-17-24(35)26(36)23(33-30(40)21-15-14-16-22(32)18-21)20-41-31-29(39)28(38)27(37)25(19-34)42-31/h14-16,18,23-29,31,34-39H,2-13,17,19-20H2,1H3,(H,33,40)/t23-,24+,25+,26-,27-,28-,29+,31-/m0/s1. The maximum atomic E-state index is 13.7. The Bertz CT molecular complexity index is 877. The van der Waals surface area contributed by atoms with Crippen LogP contribution in [-0.2, 0) is 9.47 Å². The first-order chi connectivity index (χ1) is 20.2. The maximum Gasteiger partial charge on any atom is 0.251 e. The Morgan fingerprint density at radius 2 is 1.52 bits per heavy atom. The second kappa shape index (κ2) is 20.3. The van der Waals surface area contributed by atoms with Crippen molar-refractivity contribution in [2.75, 3.05) is 13.2 Å². The van der Waals surface area contributed by atoms with Gasteiger partial charge in [0.1, 0.15) is 36.3 Å². The van der Waals surface area contributed by atoms with Crippen LogP contribution in [-0.4, -0.2) is 98.7 Å². The van der Waals surface area contributed by atoms with E-state index in [1.165, 1.54) is 69.6 Å². The molecule has 1 fully saturated rings. The van der Waals surface area contributed by atoms with Crippen molar-refractivity contribution < 1.29 is 49.3 Å². The molecular formula is C31H52FNO9. The number of nitrogens with one attached hydrogen (secondary N) is 1. The summed E-state index contributed by atoms with van der Waals surface area (Å²) in [7, 11) is 0. The number of hydrogen-bond acceptors (Lipinski definition) is 9. The average molecular weight is 602 g/mol. The van der Waals surface area contributed by atoms with Crippen LogP contribution in [0.25, 0.3) is 0 Å². The van der Waals surface area contributed by atoms with Crippen molar-refractivity contribution in [1.29, 1.82) is 0 Å². The lowest BCUT2D eigenvalue weighted by atomic mass is 9.98. The Hall–Kier alpha value is -1.70. The lowest BCUT2D eigenvalue weighted by Gasteiger charge is -2.40. The molecule has 0 radical (unpaired) electrons. The van der Waals surface area contributed by atoms with Crippen molar-refractivity contribution in [1.82, 2.24) is 5.32 Å². The van der Waals surface area contributed by atoms with Gasteiger partial charge in [-0.3, -0.25) is 4.79 Å². The van der Waals surface area contributed by atoms with Crippen LogP contribution in [0.4, 0.5) is 4.39 Å². The molecule has 11 heteroatoms. The molecule has 1 aliphatic rings. The van der Waals surface area contributed by atoms with E-state index in [0.29, 0.717) is 6.42 Å². The van der Waals surface area contributed by atoms with Gasteiger partial charge in [-0.25, -0.2) is 4.39 Å². The first kappa shape index (κ1) is 36.5. The molecular weight excluding hydrogens is 549 g/mol. The van der Waals surface area contributed by atoms with Crippen LogP contribution in [0, 0.1) is 5.82 Å². The highest BCUT2D eigenvalue weighted by atomic mass is 19.1. The number of halogens is 1. The fraction of sp³-hybridized carbons (Fsp3) is 0.774. The van der Waals surface area contributed by atoms with Crippen molar-refractivity contribution in [3.05, 3.63) is 35.6 Å². The zero-order valence-electron chi connectivity index (χ0n) is 24.8. The summed E-state index contributed by atoms with van der Waals surface area (Å²) in [4.78, 5) is 12.8. The van der Waals surface area contributed by atoms with Gasteiger partial charge in [-0.1, -0.05) is 90.0 Å². The normalized spacial score (nSPS) is 24.7. The number of ether oxygens (including phenoxy) is 2. The summed E-state index contributed by atoms with van der Waals surface area (Å²) < 4.78 is 24.5. The molecule has 8 atom stereocenters. The van der Waals surface area contributed by atoms with E-state index in [1.807, 2.05) is 0 Å². The third kappa shape index (κ3) is 12.5. The van der Waals surface area contributed by atoms with Crippen molar-refractivity contribution in [3.8, 4) is 0 Å². The largest absolute Gasteiger partial charge is 0.394 e. The van der Waals surface area contributed by atoms with E-state index in [1.54, 1.807) is 0 Å². The van der Waals surface area contributed by atoms with Gasteiger partial charge in [0.2, 0.25) is 0 Å².